The number of carbonyl (C=O) groups excluding carboxylic acids is 1. The Morgan fingerprint density at radius 3 is 2.42 bits per heavy atom. The molecule has 1 fully saturated rings. The van der Waals surface area contributed by atoms with E-state index in [2.05, 4.69) is 16.4 Å². The Hall–Kier alpha value is -3.25. The Kier molecular flexibility index (Phi) is 7.02. The van der Waals surface area contributed by atoms with E-state index in [1.807, 2.05) is 18.7 Å². The second-order valence-electron chi connectivity index (χ2n) is 7.62. The lowest BCUT2D eigenvalue weighted by Gasteiger charge is -2.35. The SMILES string of the molecule is Cc1cc(C#N)cc(C)c1CNC(=O)c1ncc(N2CCN(CC(F)F)CC2)cc1O. The number of nitriles is 1. The normalized spacial score (nSPS) is 14.5. The molecular formula is C22H25F2N5O2. The van der Waals surface area contributed by atoms with Crippen LogP contribution in [0.3, 0.4) is 0 Å². The van der Waals surface area contributed by atoms with Gasteiger partial charge in [-0.15, -0.1) is 0 Å². The number of amides is 1. The van der Waals surface area contributed by atoms with Gasteiger partial charge >= 0.3 is 0 Å². The lowest BCUT2D eigenvalue weighted by Crippen LogP contribution is -2.47. The lowest BCUT2D eigenvalue weighted by atomic mass is 9.99. The average Bonchev–Trinajstić information content (AvgIpc) is 2.72. The molecule has 1 aromatic carbocycles. The van der Waals surface area contributed by atoms with Crippen molar-refractivity contribution in [2.24, 2.45) is 0 Å². The largest absolute Gasteiger partial charge is 0.505 e. The number of carbonyl (C=O) groups is 1. The van der Waals surface area contributed by atoms with Gasteiger partial charge < -0.3 is 15.3 Å². The van der Waals surface area contributed by atoms with Crippen LogP contribution in [0.25, 0.3) is 0 Å². The maximum atomic E-state index is 12.5. The molecule has 0 unspecified atom stereocenters. The van der Waals surface area contributed by atoms with Crippen molar-refractivity contribution in [1.29, 1.82) is 5.26 Å². The molecule has 0 atom stereocenters. The summed E-state index contributed by atoms with van der Waals surface area (Å²) in [6, 6.07) is 7.11. The Morgan fingerprint density at radius 2 is 1.87 bits per heavy atom. The summed E-state index contributed by atoms with van der Waals surface area (Å²) in [5, 5.41) is 22.2. The third kappa shape index (κ3) is 5.47. The maximum Gasteiger partial charge on any atom is 0.274 e. The zero-order valence-corrected chi connectivity index (χ0v) is 17.5. The molecule has 1 saturated heterocycles. The first-order valence-electron chi connectivity index (χ1n) is 10.0. The van der Waals surface area contributed by atoms with Crippen molar-refractivity contribution in [1.82, 2.24) is 15.2 Å². The van der Waals surface area contributed by atoms with Gasteiger partial charge in [-0.3, -0.25) is 9.69 Å². The Balaban J connectivity index is 1.63. The molecule has 1 aromatic heterocycles. The molecule has 1 aliphatic rings. The van der Waals surface area contributed by atoms with Crippen LogP contribution < -0.4 is 10.2 Å². The molecule has 164 valence electrons. The second-order valence-corrected chi connectivity index (χ2v) is 7.62. The summed E-state index contributed by atoms with van der Waals surface area (Å²) in [4.78, 5) is 20.3. The van der Waals surface area contributed by atoms with Gasteiger partial charge in [0.25, 0.3) is 12.3 Å². The number of anilines is 1. The van der Waals surface area contributed by atoms with Gasteiger partial charge in [0, 0.05) is 38.8 Å². The van der Waals surface area contributed by atoms with Gasteiger partial charge in [-0.25, -0.2) is 13.8 Å². The van der Waals surface area contributed by atoms with E-state index in [1.54, 1.807) is 17.0 Å². The second kappa shape index (κ2) is 9.71. The van der Waals surface area contributed by atoms with Gasteiger partial charge in [0.1, 0.15) is 5.75 Å². The maximum absolute atomic E-state index is 12.5. The van der Waals surface area contributed by atoms with Crippen molar-refractivity contribution in [2.75, 3.05) is 37.6 Å². The first-order chi connectivity index (χ1) is 14.8. The number of nitrogens with zero attached hydrogens (tertiary/aromatic N) is 4. The highest BCUT2D eigenvalue weighted by atomic mass is 19.3. The molecule has 0 aliphatic carbocycles. The fraction of sp³-hybridized carbons (Fsp3) is 0.409. The smallest absolute Gasteiger partial charge is 0.274 e. The highest BCUT2D eigenvalue weighted by Crippen LogP contribution is 2.24. The number of benzene rings is 1. The van der Waals surface area contributed by atoms with Crippen molar-refractivity contribution in [2.45, 2.75) is 26.8 Å². The minimum Gasteiger partial charge on any atom is -0.505 e. The van der Waals surface area contributed by atoms with Crippen LogP contribution in [0, 0.1) is 25.2 Å². The number of aryl methyl sites for hydroxylation is 2. The standard InChI is InChI=1S/C22H25F2N5O2/c1-14-7-16(10-25)8-15(2)18(14)12-27-22(31)21-19(30)9-17(11-26-21)29-5-3-28(4-6-29)13-20(23)24/h7-9,11,20,30H,3-6,12-13H2,1-2H3,(H,27,31). The van der Waals surface area contributed by atoms with E-state index in [0.29, 0.717) is 37.4 Å². The van der Waals surface area contributed by atoms with E-state index < -0.39 is 12.3 Å². The number of halogens is 2. The number of aromatic hydroxyl groups is 1. The van der Waals surface area contributed by atoms with Crippen LogP contribution in [-0.2, 0) is 6.54 Å². The molecule has 31 heavy (non-hydrogen) atoms. The number of aromatic nitrogens is 1. The van der Waals surface area contributed by atoms with E-state index in [-0.39, 0.29) is 24.5 Å². The summed E-state index contributed by atoms with van der Waals surface area (Å²) in [7, 11) is 0. The average molecular weight is 429 g/mol. The molecule has 2 heterocycles. The fourth-order valence-corrected chi connectivity index (χ4v) is 3.76. The highest BCUT2D eigenvalue weighted by molar-refractivity contribution is 5.95. The van der Waals surface area contributed by atoms with Gasteiger partial charge in [0.2, 0.25) is 0 Å². The summed E-state index contributed by atoms with van der Waals surface area (Å²) in [6.07, 6.45) is -0.845. The molecule has 0 saturated carbocycles. The Labute approximate surface area is 179 Å². The van der Waals surface area contributed by atoms with E-state index in [4.69, 9.17) is 5.26 Å². The van der Waals surface area contributed by atoms with Gasteiger partial charge in [-0.2, -0.15) is 5.26 Å². The number of alkyl halides is 2. The van der Waals surface area contributed by atoms with Gasteiger partial charge in [0.05, 0.1) is 30.1 Å². The van der Waals surface area contributed by atoms with Crippen LogP contribution in [0.15, 0.2) is 24.4 Å². The fourth-order valence-electron chi connectivity index (χ4n) is 3.76. The molecule has 9 heteroatoms. The monoisotopic (exact) mass is 429 g/mol. The minimum atomic E-state index is -2.35. The number of piperazine rings is 1. The summed E-state index contributed by atoms with van der Waals surface area (Å²) in [5.41, 5.74) is 3.83. The van der Waals surface area contributed by atoms with Crippen molar-refractivity contribution < 1.29 is 18.7 Å². The lowest BCUT2D eigenvalue weighted by molar-refractivity contribution is 0.0854. The first kappa shape index (κ1) is 22.4. The third-order valence-corrected chi connectivity index (χ3v) is 5.45. The molecule has 2 N–H and O–H groups in total. The van der Waals surface area contributed by atoms with E-state index >= 15 is 0 Å². The van der Waals surface area contributed by atoms with E-state index in [0.717, 1.165) is 16.7 Å². The summed E-state index contributed by atoms with van der Waals surface area (Å²) < 4.78 is 25.0. The van der Waals surface area contributed by atoms with E-state index in [1.165, 1.54) is 12.3 Å². The van der Waals surface area contributed by atoms with E-state index in [9.17, 15) is 18.7 Å². The third-order valence-electron chi connectivity index (χ3n) is 5.45. The number of hydrogen-bond donors (Lipinski definition) is 2. The highest BCUT2D eigenvalue weighted by Gasteiger charge is 2.22. The molecular weight excluding hydrogens is 404 g/mol. The zero-order valence-electron chi connectivity index (χ0n) is 17.5. The van der Waals surface area contributed by atoms with Crippen LogP contribution in [0.2, 0.25) is 0 Å². The van der Waals surface area contributed by atoms with Crippen LogP contribution in [0.5, 0.6) is 5.75 Å². The van der Waals surface area contributed by atoms with Gasteiger partial charge in [0.15, 0.2) is 5.69 Å². The molecule has 1 aliphatic heterocycles. The molecule has 3 rings (SSSR count). The number of hydrogen-bond acceptors (Lipinski definition) is 6. The van der Waals surface area contributed by atoms with Crippen molar-refractivity contribution >= 4 is 11.6 Å². The Bertz CT molecular complexity index is 975. The van der Waals surface area contributed by atoms with Crippen molar-refractivity contribution in [3.63, 3.8) is 0 Å². The zero-order chi connectivity index (χ0) is 22.5. The topological polar surface area (TPSA) is 92.5 Å². The van der Waals surface area contributed by atoms with Crippen LogP contribution in [0.4, 0.5) is 14.5 Å². The molecule has 0 bridgehead atoms. The van der Waals surface area contributed by atoms with Crippen LogP contribution in [-0.4, -0.2) is 60.0 Å². The van der Waals surface area contributed by atoms with Gasteiger partial charge in [-0.05, 0) is 42.7 Å². The number of nitrogens with one attached hydrogen (secondary N) is 1. The van der Waals surface area contributed by atoms with Crippen molar-refractivity contribution in [3.8, 4) is 11.8 Å². The van der Waals surface area contributed by atoms with Crippen molar-refractivity contribution in [3.05, 3.63) is 52.3 Å². The van der Waals surface area contributed by atoms with Crippen LogP contribution in [0.1, 0.15) is 32.7 Å². The molecule has 1 amide bonds. The van der Waals surface area contributed by atoms with Gasteiger partial charge in [-0.1, -0.05) is 0 Å². The summed E-state index contributed by atoms with van der Waals surface area (Å²) in [6.45, 7) is 5.83. The summed E-state index contributed by atoms with van der Waals surface area (Å²) >= 11 is 0. The predicted octanol–water partition coefficient (Wildman–Crippen LogP) is 2.59. The predicted molar refractivity (Wildman–Crippen MR) is 112 cm³/mol. The minimum absolute atomic E-state index is 0.0796. The molecule has 2 aromatic rings. The molecule has 0 spiro atoms. The summed E-state index contributed by atoms with van der Waals surface area (Å²) in [5.74, 6) is -0.743. The number of pyridine rings is 1. The quantitative estimate of drug-likeness (QED) is 0.733. The Morgan fingerprint density at radius 1 is 1.23 bits per heavy atom. The molecule has 7 nitrogen and oxygen atoms in total. The molecule has 0 radical (unpaired) electrons. The first-order valence-corrected chi connectivity index (χ1v) is 10.0. The number of rotatable bonds is 6. The van der Waals surface area contributed by atoms with Crippen LogP contribution >= 0.6 is 0 Å².